The van der Waals surface area contributed by atoms with Crippen LogP contribution in [0.25, 0.3) is 0 Å². The van der Waals surface area contributed by atoms with Crippen molar-refractivity contribution in [1.82, 2.24) is 0 Å². The van der Waals surface area contributed by atoms with Crippen molar-refractivity contribution < 1.29 is 47.7 Å². The molecule has 2 rings (SSSR count). The maximum Gasteiger partial charge on any atom is 0.348 e. The molecule has 0 aliphatic heterocycles. The molecule has 2 heterocycles. The molecule has 0 radical (unpaired) electrons. The fourth-order valence-electron chi connectivity index (χ4n) is 3.45. The van der Waals surface area contributed by atoms with Crippen LogP contribution in [-0.4, -0.2) is 73.6 Å². The molecule has 0 spiro atoms. The summed E-state index contributed by atoms with van der Waals surface area (Å²) in [5, 5.41) is 5.50. The van der Waals surface area contributed by atoms with E-state index < -0.39 is 35.7 Å². The van der Waals surface area contributed by atoms with Gasteiger partial charge in [0, 0.05) is 0 Å². The molecule has 2 amide bonds. The first-order chi connectivity index (χ1) is 19.5. The second-order valence-electron chi connectivity index (χ2n) is 7.99. The van der Waals surface area contributed by atoms with E-state index in [1.807, 2.05) is 0 Å². The third kappa shape index (κ3) is 8.78. The standard InChI is InChI=1S/C26H32N2O10S3/c1-7-35-23(31)17-13(5)19(25(33)37-9-3)40-21(17)27-15(29)11-39-12-16(30)28-22-18(24(32)36-8-2)14(6)20(41-22)26(34)38-10-4/h7-12H2,1-6H3,(H,27,29)(H,28,30). The van der Waals surface area contributed by atoms with Gasteiger partial charge in [0.2, 0.25) is 11.8 Å². The molecule has 2 N–H and O–H groups in total. The van der Waals surface area contributed by atoms with Crippen LogP contribution in [0.5, 0.6) is 0 Å². The molecule has 0 saturated heterocycles. The van der Waals surface area contributed by atoms with Crippen LogP contribution in [0.3, 0.4) is 0 Å². The summed E-state index contributed by atoms with van der Waals surface area (Å²) >= 11 is 2.78. The maximum atomic E-state index is 12.7. The van der Waals surface area contributed by atoms with Crippen LogP contribution in [0.2, 0.25) is 0 Å². The number of thioether (sulfide) groups is 1. The van der Waals surface area contributed by atoms with Crippen LogP contribution < -0.4 is 10.6 Å². The minimum Gasteiger partial charge on any atom is -0.462 e. The van der Waals surface area contributed by atoms with Crippen molar-refractivity contribution in [2.24, 2.45) is 0 Å². The number of hydrogen-bond acceptors (Lipinski definition) is 13. The van der Waals surface area contributed by atoms with Gasteiger partial charge in [-0.3, -0.25) is 9.59 Å². The largest absolute Gasteiger partial charge is 0.462 e. The van der Waals surface area contributed by atoms with E-state index in [1.165, 1.54) is 0 Å². The van der Waals surface area contributed by atoms with Gasteiger partial charge in [0.15, 0.2) is 0 Å². The Morgan fingerprint density at radius 3 is 1.22 bits per heavy atom. The molecule has 0 aliphatic rings. The van der Waals surface area contributed by atoms with Crippen LogP contribution in [-0.2, 0) is 28.5 Å². The lowest BCUT2D eigenvalue weighted by Crippen LogP contribution is -2.20. The number of thiophene rings is 2. The third-order valence-electron chi connectivity index (χ3n) is 5.15. The minimum atomic E-state index is -0.690. The highest BCUT2D eigenvalue weighted by molar-refractivity contribution is 8.00. The Morgan fingerprint density at radius 2 is 0.902 bits per heavy atom. The fourth-order valence-corrected chi connectivity index (χ4v) is 6.27. The molecule has 0 aromatic carbocycles. The summed E-state index contributed by atoms with van der Waals surface area (Å²) in [4.78, 5) is 75.3. The number of amides is 2. The Bertz CT molecular complexity index is 1220. The van der Waals surface area contributed by atoms with E-state index in [1.54, 1.807) is 41.5 Å². The number of carbonyl (C=O) groups excluding carboxylic acids is 6. The van der Waals surface area contributed by atoms with E-state index in [2.05, 4.69) is 10.6 Å². The Morgan fingerprint density at radius 1 is 0.585 bits per heavy atom. The molecule has 0 saturated carbocycles. The number of esters is 4. The van der Waals surface area contributed by atoms with Gasteiger partial charge in [-0.05, 0) is 52.7 Å². The first-order valence-corrected chi connectivity index (χ1v) is 15.4. The summed E-state index contributed by atoms with van der Waals surface area (Å²) in [7, 11) is 0. The Labute approximate surface area is 249 Å². The maximum absolute atomic E-state index is 12.7. The summed E-state index contributed by atoms with van der Waals surface area (Å²) in [6.07, 6.45) is 0. The second kappa shape index (κ2) is 16.1. The van der Waals surface area contributed by atoms with E-state index in [-0.39, 0.29) is 68.8 Å². The Hall–Kier alpha value is -3.43. The van der Waals surface area contributed by atoms with E-state index in [0.29, 0.717) is 11.1 Å². The molecule has 0 atom stereocenters. The van der Waals surface area contributed by atoms with Crippen molar-refractivity contribution >= 4 is 80.1 Å². The number of anilines is 2. The lowest BCUT2D eigenvalue weighted by atomic mass is 10.1. The third-order valence-corrected chi connectivity index (χ3v) is 8.45. The predicted octanol–water partition coefficient (Wildman–Crippen LogP) is 4.44. The average Bonchev–Trinajstić information content (AvgIpc) is 3.40. The van der Waals surface area contributed by atoms with Crippen molar-refractivity contribution in [3.63, 3.8) is 0 Å². The van der Waals surface area contributed by atoms with Crippen LogP contribution in [0.1, 0.15) is 78.9 Å². The molecule has 15 heteroatoms. The van der Waals surface area contributed by atoms with Crippen molar-refractivity contribution in [3.8, 4) is 0 Å². The number of ether oxygens (including phenoxy) is 4. The molecule has 2 aromatic rings. The summed E-state index contributed by atoms with van der Waals surface area (Å²) in [5.74, 6) is -3.99. The molecular formula is C26H32N2O10S3. The van der Waals surface area contributed by atoms with E-state index >= 15 is 0 Å². The molecule has 2 aromatic heterocycles. The lowest BCUT2D eigenvalue weighted by Gasteiger charge is -2.08. The van der Waals surface area contributed by atoms with Crippen LogP contribution in [0.15, 0.2) is 0 Å². The van der Waals surface area contributed by atoms with Crippen molar-refractivity contribution in [3.05, 3.63) is 32.0 Å². The highest BCUT2D eigenvalue weighted by Gasteiger charge is 2.29. The van der Waals surface area contributed by atoms with Gasteiger partial charge >= 0.3 is 23.9 Å². The van der Waals surface area contributed by atoms with Gasteiger partial charge in [0.25, 0.3) is 0 Å². The van der Waals surface area contributed by atoms with Crippen LogP contribution in [0.4, 0.5) is 10.0 Å². The van der Waals surface area contributed by atoms with Crippen molar-refractivity contribution in [2.45, 2.75) is 41.5 Å². The zero-order chi connectivity index (χ0) is 30.7. The average molecular weight is 629 g/mol. The molecule has 0 fully saturated rings. The molecular weight excluding hydrogens is 596 g/mol. The van der Waals surface area contributed by atoms with Crippen molar-refractivity contribution in [1.29, 1.82) is 0 Å². The monoisotopic (exact) mass is 628 g/mol. The summed E-state index contributed by atoms with van der Waals surface area (Å²) in [6.45, 7) is 10.2. The van der Waals surface area contributed by atoms with E-state index in [9.17, 15) is 28.8 Å². The van der Waals surface area contributed by atoms with Gasteiger partial charge in [0.1, 0.15) is 19.8 Å². The molecule has 12 nitrogen and oxygen atoms in total. The first-order valence-electron chi connectivity index (χ1n) is 12.6. The highest BCUT2D eigenvalue weighted by atomic mass is 32.2. The quantitative estimate of drug-likeness (QED) is 0.224. The molecule has 0 bridgehead atoms. The Kier molecular flexibility index (Phi) is 13.3. The molecule has 41 heavy (non-hydrogen) atoms. The lowest BCUT2D eigenvalue weighted by molar-refractivity contribution is -0.114. The molecule has 224 valence electrons. The normalized spacial score (nSPS) is 10.5. The summed E-state index contributed by atoms with van der Waals surface area (Å²) in [6, 6.07) is 0. The zero-order valence-electron chi connectivity index (χ0n) is 23.5. The number of carbonyl (C=O) groups is 6. The smallest absolute Gasteiger partial charge is 0.348 e. The highest BCUT2D eigenvalue weighted by Crippen LogP contribution is 2.35. The topological polar surface area (TPSA) is 163 Å². The van der Waals surface area contributed by atoms with Gasteiger partial charge in [-0.1, -0.05) is 0 Å². The number of rotatable bonds is 14. The van der Waals surface area contributed by atoms with Crippen LogP contribution >= 0.6 is 34.4 Å². The molecule has 0 aliphatic carbocycles. The molecule has 0 unspecified atom stereocenters. The van der Waals surface area contributed by atoms with Gasteiger partial charge in [-0.25, -0.2) is 19.2 Å². The minimum absolute atomic E-state index is 0.0629. The van der Waals surface area contributed by atoms with Gasteiger partial charge in [0.05, 0.1) is 49.1 Å². The predicted molar refractivity (Wildman–Crippen MR) is 157 cm³/mol. The van der Waals surface area contributed by atoms with Gasteiger partial charge in [-0.15, -0.1) is 34.4 Å². The van der Waals surface area contributed by atoms with Crippen molar-refractivity contribution in [2.75, 3.05) is 48.6 Å². The van der Waals surface area contributed by atoms with E-state index in [4.69, 9.17) is 18.9 Å². The van der Waals surface area contributed by atoms with Crippen LogP contribution in [0, 0.1) is 13.8 Å². The zero-order valence-corrected chi connectivity index (χ0v) is 26.0. The van der Waals surface area contributed by atoms with Gasteiger partial charge in [-0.2, -0.15) is 0 Å². The summed E-state index contributed by atoms with van der Waals surface area (Å²) < 4.78 is 20.2. The fraction of sp³-hybridized carbons (Fsp3) is 0.462. The number of hydrogen-bond donors (Lipinski definition) is 2. The first kappa shape index (κ1) is 33.8. The summed E-state index contributed by atoms with van der Waals surface area (Å²) in [5.41, 5.74) is 0.793. The van der Waals surface area contributed by atoms with Gasteiger partial charge < -0.3 is 29.6 Å². The number of nitrogens with one attached hydrogen (secondary N) is 2. The SMILES string of the molecule is CCOC(=O)c1sc(NC(=O)CSCC(=O)Nc2sc(C(=O)OCC)c(C)c2C(=O)OCC)c(C(=O)OCC)c1C. The second-order valence-corrected chi connectivity index (χ2v) is 11.0. The Balaban J connectivity index is 2.11. The van der Waals surface area contributed by atoms with E-state index in [0.717, 1.165) is 34.4 Å².